The van der Waals surface area contributed by atoms with Crippen LogP contribution in [0.25, 0.3) is 20.5 Å². The zero-order chi connectivity index (χ0) is 26.2. The third-order valence-electron chi connectivity index (χ3n) is 5.77. The van der Waals surface area contributed by atoms with Crippen LogP contribution in [0.5, 0.6) is 11.5 Å². The highest BCUT2D eigenvalue weighted by Crippen LogP contribution is 2.34. The molecule has 0 aliphatic heterocycles. The van der Waals surface area contributed by atoms with Gasteiger partial charge < -0.3 is 14.2 Å². The van der Waals surface area contributed by atoms with Crippen molar-refractivity contribution in [2.45, 2.75) is 45.8 Å². The Labute approximate surface area is 221 Å². The van der Waals surface area contributed by atoms with E-state index in [1.807, 2.05) is 24.3 Å². The molecule has 37 heavy (non-hydrogen) atoms. The molecule has 0 radical (unpaired) electrons. The van der Waals surface area contributed by atoms with Gasteiger partial charge in [-0.05, 0) is 72.8 Å². The minimum absolute atomic E-state index is 0.253. The highest BCUT2D eigenvalue weighted by Gasteiger charge is 2.21. The van der Waals surface area contributed by atoms with Crippen LogP contribution in [0, 0.1) is 0 Å². The molecule has 3 aromatic carbocycles. The minimum atomic E-state index is -0.828. The maximum Gasteiger partial charge on any atom is 0.347 e. The van der Waals surface area contributed by atoms with Crippen LogP contribution in [0.15, 0.2) is 91.0 Å². The fraction of sp³-hybridized carbons (Fsp3) is 0.226. The van der Waals surface area contributed by atoms with Crippen LogP contribution in [0.3, 0.4) is 0 Å². The number of hydrogen-bond acceptors (Lipinski definition) is 6. The lowest BCUT2D eigenvalue weighted by molar-refractivity contribution is -0.159. The number of ether oxygens (including phenoxy) is 3. The highest BCUT2D eigenvalue weighted by molar-refractivity contribution is 7.22. The number of carbonyl (C=O) groups excluding carboxylic acids is 2. The second-order valence-electron chi connectivity index (χ2n) is 8.79. The van der Waals surface area contributed by atoms with Gasteiger partial charge in [-0.3, -0.25) is 0 Å². The molecule has 1 aromatic heterocycles. The molecule has 0 aliphatic carbocycles. The summed E-state index contributed by atoms with van der Waals surface area (Å²) in [7, 11) is 0. The van der Waals surface area contributed by atoms with Crippen LogP contribution in [-0.4, -0.2) is 18.2 Å². The second kappa shape index (κ2) is 12.4. The fourth-order valence-electron chi connectivity index (χ4n) is 3.78. The topological polar surface area (TPSA) is 61.8 Å². The van der Waals surface area contributed by atoms with Crippen LogP contribution in [0.1, 0.15) is 49.9 Å². The molecule has 0 fully saturated rings. The van der Waals surface area contributed by atoms with Gasteiger partial charge in [-0.15, -0.1) is 11.3 Å². The van der Waals surface area contributed by atoms with E-state index in [9.17, 15) is 9.59 Å². The Bertz CT molecular complexity index is 1350. The van der Waals surface area contributed by atoms with Crippen LogP contribution >= 0.6 is 11.3 Å². The van der Waals surface area contributed by atoms with E-state index in [-0.39, 0.29) is 11.1 Å². The SMILES string of the molecule is C=C(C)C(=O)OC(CCCCC)Oc1ccccc1C(=O)Oc1ccc(-c2cc3ccccc3s2)cc1. The maximum atomic E-state index is 13.1. The molecule has 6 heteroatoms. The van der Waals surface area contributed by atoms with E-state index in [1.165, 1.54) is 10.1 Å². The Morgan fingerprint density at radius 2 is 1.68 bits per heavy atom. The third kappa shape index (κ3) is 6.86. The molecule has 1 unspecified atom stereocenters. The first-order valence-electron chi connectivity index (χ1n) is 12.4. The standard InChI is InChI=1S/C31H30O5S/c1-4-5-6-15-29(36-30(32)21(2)3)35-26-13-9-8-12-25(26)31(33)34-24-18-16-22(17-19-24)28-20-23-11-7-10-14-27(23)37-28/h7-14,16-20,29H,2,4-6,15H2,1,3H3. The van der Waals surface area contributed by atoms with Gasteiger partial charge in [-0.25, -0.2) is 9.59 Å². The molecule has 0 spiro atoms. The number of hydrogen-bond donors (Lipinski definition) is 0. The fourth-order valence-corrected chi connectivity index (χ4v) is 4.84. The Hall–Kier alpha value is -3.90. The van der Waals surface area contributed by atoms with E-state index < -0.39 is 18.2 Å². The predicted molar refractivity (Wildman–Crippen MR) is 148 cm³/mol. The number of rotatable bonds is 11. The molecule has 0 saturated heterocycles. The Morgan fingerprint density at radius 3 is 2.41 bits per heavy atom. The minimum Gasteiger partial charge on any atom is -0.454 e. The first kappa shape index (κ1) is 26.2. The van der Waals surface area contributed by atoms with Crippen molar-refractivity contribution in [2.24, 2.45) is 0 Å². The quantitative estimate of drug-likeness (QED) is 0.0664. The van der Waals surface area contributed by atoms with Gasteiger partial charge in [0.1, 0.15) is 17.1 Å². The molecule has 5 nitrogen and oxygen atoms in total. The number of carbonyl (C=O) groups is 2. The molecule has 4 aromatic rings. The zero-order valence-electron chi connectivity index (χ0n) is 21.1. The van der Waals surface area contributed by atoms with E-state index in [2.05, 4.69) is 31.7 Å². The summed E-state index contributed by atoms with van der Waals surface area (Å²) in [5, 5.41) is 1.21. The molecule has 0 bridgehead atoms. The van der Waals surface area contributed by atoms with Crippen molar-refractivity contribution in [3.8, 4) is 21.9 Å². The largest absolute Gasteiger partial charge is 0.454 e. The summed E-state index contributed by atoms with van der Waals surface area (Å²) in [6, 6.07) is 24.7. The van der Waals surface area contributed by atoms with Gasteiger partial charge in [0, 0.05) is 21.6 Å². The summed E-state index contributed by atoms with van der Waals surface area (Å²) >= 11 is 1.72. The number of para-hydroxylation sites is 1. The lowest BCUT2D eigenvalue weighted by Crippen LogP contribution is -2.26. The molecular formula is C31H30O5S. The molecule has 1 atom stereocenters. The van der Waals surface area contributed by atoms with Crippen molar-refractivity contribution >= 4 is 33.4 Å². The van der Waals surface area contributed by atoms with E-state index in [0.29, 0.717) is 17.9 Å². The van der Waals surface area contributed by atoms with Crippen LogP contribution < -0.4 is 9.47 Å². The van der Waals surface area contributed by atoms with Gasteiger partial charge in [-0.2, -0.15) is 0 Å². The van der Waals surface area contributed by atoms with E-state index in [4.69, 9.17) is 14.2 Å². The molecule has 0 saturated carbocycles. The molecule has 0 amide bonds. The normalized spacial score (nSPS) is 11.6. The van der Waals surface area contributed by atoms with Gasteiger partial charge in [0.25, 0.3) is 0 Å². The summed E-state index contributed by atoms with van der Waals surface area (Å²) in [6.07, 6.45) is 2.50. The lowest BCUT2D eigenvalue weighted by Gasteiger charge is -2.21. The molecule has 190 valence electrons. The summed E-state index contributed by atoms with van der Waals surface area (Å²) in [4.78, 5) is 26.3. The Morgan fingerprint density at radius 1 is 0.946 bits per heavy atom. The number of unbranched alkanes of at least 4 members (excludes halogenated alkanes) is 2. The predicted octanol–water partition coefficient (Wildman–Crippen LogP) is 8.19. The van der Waals surface area contributed by atoms with Gasteiger partial charge in [0.2, 0.25) is 6.29 Å². The monoisotopic (exact) mass is 514 g/mol. The van der Waals surface area contributed by atoms with Crippen LogP contribution in [-0.2, 0) is 9.53 Å². The van der Waals surface area contributed by atoms with E-state index >= 15 is 0 Å². The van der Waals surface area contributed by atoms with Gasteiger partial charge in [0.15, 0.2) is 0 Å². The second-order valence-corrected chi connectivity index (χ2v) is 9.87. The van der Waals surface area contributed by atoms with Crippen molar-refractivity contribution in [1.82, 2.24) is 0 Å². The lowest BCUT2D eigenvalue weighted by atomic mass is 10.1. The van der Waals surface area contributed by atoms with Crippen molar-refractivity contribution in [1.29, 1.82) is 0 Å². The zero-order valence-corrected chi connectivity index (χ0v) is 21.9. The molecule has 0 N–H and O–H groups in total. The number of esters is 2. The summed E-state index contributed by atoms with van der Waals surface area (Å²) in [5.41, 5.74) is 1.60. The average Bonchev–Trinajstić information content (AvgIpc) is 3.34. The molecule has 1 heterocycles. The highest BCUT2D eigenvalue weighted by atomic mass is 32.1. The molecule has 0 aliphatic rings. The Balaban J connectivity index is 1.47. The number of benzene rings is 3. The van der Waals surface area contributed by atoms with Crippen molar-refractivity contribution in [3.63, 3.8) is 0 Å². The van der Waals surface area contributed by atoms with E-state index in [0.717, 1.165) is 29.7 Å². The summed E-state index contributed by atoms with van der Waals surface area (Å²) in [5.74, 6) is -0.354. The number of fused-ring (bicyclic) bond motifs is 1. The Kier molecular flexibility index (Phi) is 8.75. The van der Waals surface area contributed by atoms with Gasteiger partial charge in [-0.1, -0.05) is 56.7 Å². The van der Waals surface area contributed by atoms with Crippen LogP contribution in [0.4, 0.5) is 0 Å². The molecular weight excluding hydrogens is 484 g/mol. The summed E-state index contributed by atoms with van der Waals surface area (Å²) in [6.45, 7) is 7.32. The van der Waals surface area contributed by atoms with Crippen LogP contribution in [0.2, 0.25) is 0 Å². The first-order chi connectivity index (χ1) is 17.9. The van der Waals surface area contributed by atoms with Gasteiger partial charge >= 0.3 is 11.9 Å². The number of thiophene rings is 1. The van der Waals surface area contributed by atoms with Crippen molar-refractivity contribution < 1.29 is 23.8 Å². The van der Waals surface area contributed by atoms with Crippen molar-refractivity contribution in [3.05, 3.63) is 96.6 Å². The van der Waals surface area contributed by atoms with Gasteiger partial charge in [0.05, 0.1) is 0 Å². The van der Waals surface area contributed by atoms with E-state index in [1.54, 1.807) is 54.7 Å². The smallest absolute Gasteiger partial charge is 0.347 e. The average molecular weight is 515 g/mol. The molecule has 4 rings (SSSR count). The first-order valence-corrected chi connectivity index (χ1v) is 13.2. The third-order valence-corrected chi connectivity index (χ3v) is 6.94. The maximum absolute atomic E-state index is 13.1. The summed E-state index contributed by atoms with van der Waals surface area (Å²) < 4.78 is 18.4. The van der Waals surface area contributed by atoms with Crippen molar-refractivity contribution in [2.75, 3.05) is 0 Å².